The van der Waals surface area contributed by atoms with Gasteiger partial charge in [-0.3, -0.25) is 0 Å². The first-order chi connectivity index (χ1) is 17.6. The summed E-state index contributed by atoms with van der Waals surface area (Å²) in [6.07, 6.45) is 9.32. The van der Waals surface area contributed by atoms with Gasteiger partial charge in [-0.2, -0.15) is 0 Å². The van der Waals surface area contributed by atoms with E-state index in [1.807, 2.05) is 0 Å². The highest BCUT2D eigenvalue weighted by atomic mass is 16.7. The van der Waals surface area contributed by atoms with E-state index in [1.54, 1.807) is 11.1 Å². The molecular weight excluding hydrogens is 460 g/mol. The largest absolute Gasteiger partial charge is 0.396 e. The number of hydrogen-bond donors (Lipinski definition) is 2. The molecule has 4 heteroatoms. The number of benzene rings is 1. The van der Waals surface area contributed by atoms with Crippen molar-refractivity contribution in [1.29, 1.82) is 0 Å². The smallest absolute Gasteiger partial charge is 0.169 e. The third kappa shape index (κ3) is 4.44. The van der Waals surface area contributed by atoms with Crippen molar-refractivity contribution in [3.8, 4) is 0 Å². The zero-order valence-corrected chi connectivity index (χ0v) is 23.5. The summed E-state index contributed by atoms with van der Waals surface area (Å²) in [5.41, 5.74) is 6.28. The van der Waals surface area contributed by atoms with Crippen LogP contribution in [0, 0.1) is 28.6 Å². The normalized spacial score (nSPS) is 39.1. The molecule has 3 saturated carbocycles. The maximum atomic E-state index is 11.2. The van der Waals surface area contributed by atoms with Gasteiger partial charge in [0.05, 0.1) is 19.3 Å². The highest BCUT2D eigenvalue weighted by molar-refractivity contribution is 5.41. The van der Waals surface area contributed by atoms with E-state index in [2.05, 4.69) is 52.0 Å². The molecule has 2 N–H and O–H groups in total. The molecule has 1 saturated heterocycles. The molecule has 0 aromatic heterocycles. The molecule has 1 aromatic rings. The minimum Gasteiger partial charge on any atom is -0.396 e. The van der Waals surface area contributed by atoms with E-state index in [4.69, 9.17) is 9.47 Å². The fourth-order valence-electron chi connectivity index (χ4n) is 8.92. The summed E-state index contributed by atoms with van der Waals surface area (Å²) in [7, 11) is 0. The van der Waals surface area contributed by atoms with Gasteiger partial charge < -0.3 is 19.7 Å². The molecule has 1 heterocycles. The summed E-state index contributed by atoms with van der Waals surface area (Å²) in [5.74, 6) is 2.13. The minimum absolute atomic E-state index is 0.00610. The maximum absolute atomic E-state index is 11.2. The average Bonchev–Trinajstić information content (AvgIpc) is 3.19. The van der Waals surface area contributed by atoms with Crippen molar-refractivity contribution in [3.05, 3.63) is 46.5 Å². The molecule has 1 spiro atoms. The first kappa shape index (κ1) is 26.0. The van der Waals surface area contributed by atoms with Crippen LogP contribution in [0.1, 0.15) is 108 Å². The lowest BCUT2D eigenvalue weighted by Crippen LogP contribution is -2.52. The van der Waals surface area contributed by atoms with Crippen molar-refractivity contribution in [2.45, 2.75) is 109 Å². The third-order valence-electron chi connectivity index (χ3n) is 11.2. The molecule has 4 nitrogen and oxygen atoms in total. The Morgan fingerprint density at radius 2 is 1.70 bits per heavy atom. The predicted molar refractivity (Wildman–Crippen MR) is 146 cm³/mol. The summed E-state index contributed by atoms with van der Waals surface area (Å²) < 4.78 is 13.0. The number of hydrogen-bond acceptors (Lipinski definition) is 4. The summed E-state index contributed by atoms with van der Waals surface area (Å²) >= 11 is 0. The number of fused-ring (bicyclic) bond motifs is 4. The van der Waals surface area contributed by atoms with Crippen LogP contribution < -0.4 is 0 Å². The Labute approximate surface area is 223 Å². The number of allylic oxidation sites excluding steroid dienone is 2. The molecule has 5 aliphatic rings. The van der Waals surface area contributed by atoms with E-state index >= 15 is 0 Å². The molecule has 0 radical (unpaired) electrons. The first-order valence-electron chi connectivity index (χ1n) is 15.0. The predicted octanol–water partition coefficient (Wildman–Crippen LogP) is 6.71. The molecule has 7 atom stereocenters. The van der Waals surface area contributed by atoms with Crippen molar-refractivity contribution in [2.75, 3.05) is 19.8 Å². The second-order valence-corrected chi connectivity index (χ2v) is 14.3. The second kappa shape index (κ2) is 9.47. The highest BCUT2D eigenvalue weighted by Gasteiger charge is 2.57. The first-order valence-corrected chi connectivity index (χ1v) is 15.0. The zero-order chi connectivity index (χ0) is 26.0. The Hall–Kier alpha value is -1.20. The van der Waals surface area contributed by atoms with Crippen LogP contribution >= 0.6 is 0 Å². The molecule has 1 aromatic carbocycles. The fourth-order valence-corrected chi connectivity index (χ4v) is 8.92. The summed E-state index contributed by atoms with van der Waals surface area (Å²) in [4.78, 5) is 0. The summed E-state index contributed by atoms with van der Waals surface area (Å²) in [6, 6.07) is 9.29. The lowest BCUT2D eigenvalue weighted by atomic mass is 9.52. The standard InChI is InChI=1S/C33H48O4/c1-21(14-16-34)22-5-7-23(8-6-22)27-18-32(4)28(11-12-29(32)35)26-10-9-24-17-33(15-13-25(24)30(26)27)36-19-31(2,3)20-37-33/h5-8,21,24,26-29,34-35H,9-20H2,1-4H3. The number of aliphatic hydroxyl groups excluding tert-OH is 2. The van der Waals surface area contributed by atoms with Gasteiger partial charge in [-0.25, -0.2) is 0 Å². The summed E-state index contributed by atoms with van der Waals surface area (Å²) in [5, 5.41) is 20.6. The number of rotatable bonds is 4. The van der Waals surface area contributed by atoms with Gasteiger partial charge in [0.15, 0.2) is 5.79 Å². The molecule has 37 heavy (non-hydrogen) atoms. The van der Waals surface area contributed by atoms with E-state index in [9.17, 15) is 10.2 Å². The molecule has 0 bridgehead atoms. The maximum Gasteiger partial charge on any atom is 0.169 e. The van der Waals surface area contributed by atoms with Gasteiger partial charge in [0.2, 0.25) is 0 Å². The van der Waals surface area contributed by atoms with Gasteiger partial charge >= 0.3 is 0 Å². The number of ether oxygens (including phenoxy) is 2. The van der Waals surface area contributed by atoms with Gasteiger partial charge in [-0.05, 0) is 85.2 Å². The SMILES string of the molecule is CC(CCO)c1ccc(C2CC3(C)C(O)CCC3C3CCC4CC5(CCC4=C23)OCC(C)(C)CO5)cc1. The van der Waals surface area contributed by atoms with Crippen molar-refractivity contribution in [2.24, 2.45) is 28.6 Å². The molecular formula is C33H48O4. The van der Waals surface area contributed by atoms with Crippen LogP contribution in [0.3, 0.4) is 0 Å². The Kier molecular flexibility index (Phi) is 6.66. The van der Waals surface area contributed by atoms with Gasteiger partial charge in [-0.15, -0.1) is 0 Å². The molecule has 4 aliphatic carbocycles. The Balaban J connectivity index is 1.35. The Morgan fingerprint density at radius 3 is 2.41 bits per heavy atom. The van der Waals surface area contributed by atoms with E-state index in [0.717, 1.165) is 51.7 Å². The van der Waals surface area contributed by atoms with Gasteiger partial charge in [-0.1, -0.05) is 63.1 Å². The molecule has 6 rings (SSSR count). The van der Waals surface area contributed by atoms with E-state index in [1.165, 1.54) is 30.4 Å². The topological polar surface area (TPSA) is 58.9 Å². The van der Waals surface area contributed by atoms with Crippen LogP contribution in [0.2, 0.25) is 0 Å². The van der Waals surface area contributed by atoms with Crippen LogP contribution in [0.4, 0.5) is 0 Å². The zero-order valence-electron chi connectivity index (χ0n) is 23.5. The van der Waals surface area contributed by atoms with Gasteiger partial charge in [0.25, 0.3) is 0 Å². The van der Waals surface area contributed by atoms with Crippen molar-refractivity contribution >= 4 is 0 Å². The monoisotopic (exact) mass is 508 g/mol. The second-order valence-electron chi connectivity index (χ2n) is 14.3. The lowest BCUT2D eigenvalue weighted by molar-refractivity contribution is -0.312. The minimum atomic E-state index is -0.385. The quantitative estimate of drug-likeness (QED) is 0.444. The lowest BCUT2D eigenvalue weighted by Gasteiger charge is -2.55. The van der Waals surface area contributed by atoms with Crippen LogP contribution in [0.25, 0.3) is 0 Å². The molecule has 4 fully saturated rings. The average molecular weight is 509 g/mol. The number of aliphatic hydroxyl groups is 2. The Bertz CT molecular complexity index is 1020. The van der Waals surface area contributed by atoms with Crippen LogP contribution in [-0.4, -0.2) is 41.9 Å². The van der Waals surface area contributed by atoms with Gasteiger partial charge in [0.1, 0.15) is 0 Å². The fraction of sp³-hybridized carbons (Fsp3) is 0.758. The van der Waals surface area contributed by atoms with E-state index in [0.29, 0.717) is 29.6 Å². The van der Waals surface area contributed by atoms with Crippen LogP contribution in [0.5, 0.6) is 0 Å². The summed E-state index contributed by atoms with van der Waals surface area (Å²) in [6.45, 7) is 10.9. The molecule has 0 amide bonds. The molecule has 204 valence electrons. The molecule has 7 unspecified atom stereocenters. The third-order valence-corrected chi connectivity index (χ3v) is 11.2. The van der Waals surface area contributed by atoms with Crippen molar-refractivity contribution < 1.29 is 19.7 Å². The molecule has 1 aliphatic heterocycles. The Morgan fingerprint density at radius 1 is 0.973 bits per heavy atom. The van der Waals surface area contributed by atoms with Crippen molar-refractivity contribution in [1.82, 2.24) is 0 Å². The van der Waals surface area contributed by atoms with Crippen LogP contribution in [-0.2, 0) is 9.47 Å². The van der Waals surface area contributed by atoms with E-state index in [-0.39, 0.29) is 29.3 Å². The van der Waals surface area contributed by atoms with Gasteiger partial charge in [0, 0.05) is 30.8 Å². The van der Waals surface area contributed by atoms with Crippen molar-refractivity contribution in [3.63, 3.8) is 0 Å². The van der Waals surface area contributed by atoms with E-state index < -0.39 is 0 Å². The highest BCUT2D eigenvalue weighted by Crippen LogP contribution is 2.65. The van der Waals surface area contributed by atoms with Crippen LogP contribution in [0.15, 0.2) is 35.4 Å².